The van der Waals surface area contributed by atoms with Crippen LogP contribution in [0.5, 0.6) is 5.75 Å². The Morgan fingerprint density at radius 3 is 2.57 bits per heavy atom. The number of hydrogen-bond acceptors (Lipinski definition) is 3. The number of hydrogen-bond donors (Lipinski definition) is 1. The van der Waals surface area contributed by atoms with Crippen molar-refractivity contribution in [3.05, 3.63) is 65.7 Å². The van der Waals surface area contributed by atoms with Gasteiger partial charge in [0, 0.05) is 24.4 Å². The number of ether oxygens (including phenoxy) is 1. The zero-order valence-corrected chi connectivity index (χ0v) is 12.3. The van der Waals surface area contributed by atoms with E-state index in [1.807, 2.05) is 18.2 Å². The van der Waals surface area contributed by atoms with Gasteiger partial charge in [-0.2, -0.15) is 0 Å². The van der Waals surface area contributed by atoms with Crippen molar-refractivity contribution < 1.29 is 4.74 Å². The number of benzene rings is 2. The van der Waals surface area contributed by atoms with Gasteiger partial charge in [-0.3, -0.25) is 4.99 Å². The highest BCUT2D eigenvalue weighted by Gasteiger charge is 2.21. The molecule has 0 saturated heterocycles. The lowest BCUT2D eigenvalue weighted by Gasteiger charge is -2.20. The van der Waals surface area contributed by atoms with Crippen LogP contribution in [-0.4, -0.2) is 26.0 Å². The summed E-state index contributed by atoms with van der Waals surface area (Å²) in [5.74, 6) is 2.28. The highest BCUT2D eigenvalue weighted by Crippen LogP contribution is 2.34. The third-order valence-corrected chi connectivity index (χ3v) is 3.86. The van der Waals surface area contributed by atoms with Crippen LogP contribution in [0, 0.1) is 0 Å². The summed E-state index contributed by atoms with van der Waals surface area (Å²) in [6, 6.07) is 18.8. The lowest BCUT2D eigenvalue weighted by molar-refractivity contribution is 0.408. The van der Waals surface area contributed by atoms with E-state index in [1.54, 1.807) is 7.11 Å². The van der Waals surface area contributed by atoms with Crippen molar-refractivity contribution in [3.63, 3.8) is 0 Å². The fraction of sp³-hybridized carbons (Fsp3) is 0.278. The second kappa shape index (κ2) is 6.44. The maximum absolute atomic E-state index is 5.55. The zero-order chi connectivity index (χ0) is 14.5. The number of nitrogens with zero attached hydrogens (tertiary/aromatic N) is 1. The highest BCUT2D eigenvalue weighted by molar-refractivity contribution is 5.85. The predicted octanol–water partition coefficient (Wildman–Crippen LogP) is 3.22. The molecule has 1 aliphatic rings. The molecule has 2 aromatic rings. The molecule has 1 unspecified atom stereocenters. The van der Waals surface area contributed by atoms with Gasteiger partial charge in [0.15, 0.2) is 0 Å². The molecule has 108 valence electrons. The van der Waals surface area contributed by atoms with Crippen molar-refractivity contribution in [1.29, 1.82) is 0 Å². The van der Waals surface area contributed by atoms with Crippen molar-refractivity contribution in [2.75, 3.05) is 20.2 Å². The Hall–Kier alpha value is -2.29. The third kappa shape index (κ3) is 3.07. The first-order valence-corrected chi connectivity index (χ1v) is 7.33. The average molecular weight is 280 g/mol. The Balaban J connectivity index is 1.99. The van der Waals surface area contributed by atoms with E-state index in [1.165, 1.54) is 11.1 Å². The Bertz CT molecular complexity index is 622. The summed E-state index contributed by atoms with van der Waals surface area (Å²) in [6.07, 6.45) is 0.879. The molecule has 0 bridgehead atoms. The van der Waals surface area contributed by atoms with E-state index in [0.717, 1.165) is 31.1 Å². The van der Waals surface area contributed by atoms with Crippen LogP contribution in [0.25, 0.3) is 0 Å². The number of methoxy groups -OCH3 is 1. The van der Waals surface area contributed by atoms with Gasteiger partial charge in [0.2, 0.25) is 0 Å². The number of amidine groups is 1. The molecule has 3 nitrogen and oxygen atoms in total. The molecule has 0 fully saturated rings. The second-order valence-corrected chi connectivity index (χ2v) is 5.16. The molecule has 3 heteroatoms. The molecular weight excluding hydrogens is 260 g/mol. The Kier molecular flexibility index (Phi) is 4.20. The predicted molar refractivity (Wildman–Crippen MR) is 86.2 cm³/mol. The summed E-state index contributed by atoms with van der Waals surface area (Å²) in [4.78, 5) is 4.55. The molecule has 1 heterocycles. The number of nitrogens with one attached hydrogen (secondary N) is 1. The maximum atomic E-state index is 5.55. The van der Waals surface area contributed by atoms with Gasteiger partial charge >= 0.3 is 0 Å². The molecule has 0 radical (unpaired) electrons. The SMILES string of the molecule is COc1ccccc1C(CC1=NCCN1)c1ccccc1. The van der Waals surface area contributed by atoms with Gasteiger partial charge < -0.3 is 10.1 Å². The Labute approximate surface area is 125 Å². The molecule has 1 aliphatic heterocycles. The fourth-order valence-electron chi connectivity index (χ4n) is 2.82. The largest absolute Gasteiger partial charge is 0.496 e. The summed E-state index contributed by atoms with van der Waals surface area (Å²) in [5, 5.41) is 3.37. The first-order chi connectivity index (χ1) is 10.4. The van der Waals surface area contributed by atoms with Gasteiger partial charge in [0.25, 0.3) is 0 Å². The number of rotatable bonds is 5. The van der Waals surface area contributed by atoms with Crippen LogP contribution in [0.4, 0.5) is 0 Å². The summed E-state index contributed by atoms with van der Waals surface area (Å²) in [7, 11) is 1.73. The van der Waals surface area contributed by atoms with Gasteiger partial charge in [-0.15, -0.1) is 0 Å². The number of aliphatic imine (C=N–C) groups is 1. The van der Waals surface area contributed by atoms with Crippen LogP contribution >= 0.6 is 0 Å². The molecule has 0 saturated carbocycles. The summed E-state index contributed by atoms with van der Waals surface area (Å²) < 4.78 is 5.55. The summed E-state index contributed by atoms with van der Waals surface area (Å²) >= 11 is 0. The van der Waals surface area contributed by atoms with E-state index in [-0.39, 0.29) is 5.92 Å². The summed E-state index contributed by atoms with van der Waals surface area (Å²) in [5.41, 5.74) is 2.50. The fourth-order valence-corrected chi connectivity index (χ4v) is 2.82. The van der Waals surface area contributed by atoms with Crippen LogP contribution in [0.2, 0.25) is 0 Å². The van der Waals surface area contributed by atoms with E-state index in [9.17, 15) is 0 Å². The van der Waals surface area contributed by atoms with Crippen LogP contribution < -0.4 is 10.1 Å². The minimum Gasteiger partial charge on any atom is -0.496 e. The molecular formula is C18H20N2O. The molecule has 21 heavy (non-hydrogen) atoms. The maximum Gasteiger partial charge on any atom is 0.122 e. The third-order valence-electron chi connectivity index (χ3n) is 3.86. The van der Waals surface area contributed by atoms with E-state index in [2.05, 4.69) is 46.7 Å². The van der Waals surface area contributed by atoms with Crippen LogP contribution in [0.15, 0.2) is 59.6 Å². The molecule has 3 rings (SSSR count). The average Bonchev–Trinajstić information content (AvgIpc) is 3.06. The Morgan fingerprint density at radius 2 is 1.86 bits per heavy atom. The lowest BCUT2D eigenvalue weighted by Crippen LogP contribution is -2.21. The second-order valence-electron chi connectivity index (χ2n) is 5.16. The first-order valence-electron chi connectivity index (χ1n) is 7.33. The van der Waals surface area contributed by atoms with Crippen molar-refractivity contribution in [3.8, 4) is 5.75 Å². The van der Waals surface area contributed by atoms with Gasteiger partial charge in [-0.1, -0.05) is 48.5 Å². The molecule has 0 amide bonds. The monoisotopic (exact) mass is 280 g/mol. The number of para-hydroxylation sites is 1. The lowest BCUT2D eigenvalue weighted by atomic mass is 9.87. The van der Waals surface area contributed by atoms with Gasteiger partial charge in [-0.25, -0.2) is 0 Å². The highest BCUT2D eigenvalue weighted by atomic mass is 16.5. The topological polar surface area (TPSA) is 33.6 Å². The van der Waals surface area contributed by atoms with Crippen molar-refractivity contribution in [1.82, 2.24) is 5.32 Å². The molecule has 0 aliphatic carbocycles. The van der Waals surface area contributed by atoms with Crippen LogP contribution in [0.1, 0.15) is 23.5 Å². The van der Waals surface area contributed by atoms with Gasteiger partial charge in [0.05, 0.1) is 19.5 Å². The van der Waals surface area contributed by atoms with E-state index < -0.39 is 0 Å². The quantitative estimate of drug-likeness (QED) is 0.912. The van der Waals surface area contributed by atoms with E-state index >= 15 is 0 Å². The van der Waals surface area contributed by atoms with E-state index in [0.29, 0.717) is 0 Å². The van der Waals surface area contributed by atoms with Gasteiger partial charge in [0.1, 0.15) is 5.75 Å². The standard InChI is InChI=1S/C18H20N2O/c1-21-17-10-6-5-9-15(17)16(13-18-19-11-12-20-18)14-7-3-2-4-8-14/h2-10,16H,11-13H2,1H3,(H,19,20). The van der Waals surface area contributed by atoms with Crippen molar-refractivity contribution in [2.24, 2.45) is 4.99 Å². The molecule has 2 aromatic carbocycles. The summed E-state index contributed by atoms with van der Waals surface area (Å²) in [6.45, 7) is 1.82. The van der Waals surface area contributed by atoms with Gasteiger partial charge in [-0.05, 0) is 11.6 Å². The normalized spacial score (nSPS) is 15.2. The molecule has 0 aromatic heterocycles. The molecule has 1 N–H and O–H groups in total. The minimum absolute atomic E-state index is 0.256. The zero-order valence-electron chi connectivity index (χ0n) is 12.3. The van der Waals surface area contributed by atoms with Crippen LogP contribution in [0.3, 0.4) is 0 Å². The smallest absolute Gasteiger partial charge is 0.122 e. The molecule has 0 spiro atoms. The van der Waals surface area contributed by atoms with Crippen molar-refractivity contribution >= 4 is 5.84 Å². The first kappa shape index (κ1) is 13.7. The molecule has 1 atom stereocenters. The van der Waals surface area contributed by atoms with Crippen molar-refractivity contribution in [2.45, 2.75) is 12.3 Å². The van der Waals surface area contributed by atoms with Crippen LogP contribution in [-0.2, 0) is 0 Å². The van der Waals surface area contributed by atoms with E-state index in [4.69, 9.17) is 4.74 Å². The minimum atomic E-state index is 0.256. The Morgan fingerprint density at radius 1 is 1.10 bits per heavy atom.